The van der Waals surface area contributed by atoms with Crippen LogP contribution in [0.2, 0.25) is 0 Å². The average molecular weight is 194 g/mol. The summed E-state index contributed by atoms with van der Waals surface area (Å²) < 4.78 is 5.12. The van der Waals surface area contributed by atoms with Crippen LogP contribution in [0.5, 0.6) is 0 Å². The first kappa shape index (κ1) is 8.44. The summed E-state index contributed by atoms with van der Waals surface area (Å²) in [6.45, 7) is 4.09. The Balaban J connectivity index is 2.33. The average Bonchev–Trinajstić information content (AvgIpc) is 2.75. The molecule has 0 bridgehead atoms. The van der Waals surface area contributed by atoms with Gasteiger partial charge < -0.3 is 4.52 Å². The molecule has 0 amide bonds. The highest BCUT2D eigenvalue weighted by Crippen LogP contribution is 2.23. The number of hydrogen-bond acceptors (Lipinski definition) is 4. The second-order valence-electron chi connectivity index (χ2n) is 3.09. The normalized spacial score (nSPS) is 11.0. The van der Waals surface area contributed by atoms with Crippen molar-refractivity contribution in [2.75, 3.05) is 0 Å². The molecular weight excluding hydrogens is 184 g/mol. The van der Waals surface area contributed by atoms with Crippen LogP contribution in [0.25, 0.3) is 10.8 Å². The Morgan fingerprint density at radius 2 is 2.31 bits per heavy atom. The van der Waals surface area contributed by atoms with Gasteiger partial charge in [0.2, 0.25) is 0 Å². The van der Waals surface area contributed by atoms with Gasteiger partial charge >= 0.3 is 0 Å². The Morgan fingerprint density at radius 3 is 2.85 bits per heavy atom. The van der Waals surface area contributed by atoms with E-state index in [9.17, 15) is 0 Å². The van der Waals surface area contributed by atoms with Crippen molar-refractivity contribution in [3.05, 3.63) is 23.3 Å². The van der Waals surface area contributed by atoms with Crippen molar-refractivity contribution in [3.8, 4) is 10.8 Å². The van der Waals surface area contributed by atoms with Crippen LogP contribution in [0.3, 0.4) is 0 Å². The van der Waals surface area contributed by atoms with Crippen LogP contribution in [0.15, 0.2) is 22.0 Å². The standard InChI is InChI=1S/C9H10N2OS/c1-6(2)8-10-9(12-11-8)7-4-3-5-13-7/h3-6H,1-2H3. The van der Waals surface area contributed by atoms with Gasteiger partial charge in [-0.05, 0) is 11.4 Å². The fourth-order valence-electron chi connectivity index (χ4n) is 0.970. The summed E-state index contributed by atoms with van der Waals surface area (Å²) in [5.41, 5.74) is 0. The van der Waals surface area contributed by atoms with E-state index in [0.717, 1.165) is 10.7 Å². The predicted molar refractivity (Wildman–Crippen MR) is 51.7 cm³/mol. The molecule has 0 fully saturated rings. The van der Waals surface area contributed by atoms with Gasteiger partial charge in [0.05, 0.1) is 4.88 Å². The van der Waals surface area contributed by atoms with Gasteiger partial charge in [0, 0.05) is 5.92 Å². The van der Waals surface area contributed by atoms with E-state index in [2.05, 4.69) is 10.1 Å². The number of thiophene rings is 1. The molecule has 0 unspecified atom stereocenters. The zero-order valence-electron chi connectivity index (χ0n) is 7.52. The quantitative estimate of drug-likeness (QED) is 0.737. The fourth-order valence-corrected chi connectivity index (χ4v) is 1.61. The van der Waals surface area contributed by atoms with Gasteiger partial charge in [0.25, 0.3) is 5.89 Å². The third-order valence-electron chi connectivity index (χ3n) is 1.69. The molecule has 2 aromatic heterocycles. The molecule has 3 nitrogen and oxygen atoms in total. The molecule has 68 valence electrons. The van der Waals surface area contributed by atoms with E-state index in [1.807, 2.05) is 31.4 Å². The van der Waals surface area contributed by atoms with E-state index in [1.54, 1.807) is 11.3 Å². The number of aromatic nitrogens is 2. The summed E-state index contributed by atoms with van der Waals surface area (Å²) in [4.78, 5) is 5.31. The van der Waals surface area contributed by atoms with Gasteiger partial charge in [-0.25, -0.2) is 0 Å². The zero-order chi connectivity index (χ0) is 9.26. The summed E-state index contributed by atoms with van der Waals surface area (Å²) in [5.74, 6) is 1.71. The molecule has 0 aromatic carbocycles. The second kappa shape index (κ2) is 3.30. The molecule has 0 radical (unpaired) electrons. The van der Waals surface area contributed by atoms with Crippen LogP contribution in [-0.2, 0) is 0 Å². The summed E-state index contributed by atoms with van der Waals surface area (Å²) in [5, 5.41) is 5.89. The highest BCUT2D eigenvalue weighted by Gasteiger charge is 2.11. The molecule has 13 heavy (non-hydrogen) atoms. The molecule has 0 spiro atoms. The van der Waals surface area contributed by atoms with Crippen LogP contribution in [-0.4, -0.2) is 10.1 Å². The smallest absolute Gasteiger partial charge is 0.267 e. The summed E-state index contributed by atoms with van der Waals surface area (Å²) in [6.07, 6.45) is 0. The van der Waals surface area contributed by atoms with E-state index < -0.39 is 0 Å². The molecule has 2 rings (SSSR count). The van der Waals surface area contributed by atoms with Gasteiger partial charge in [0.15, 0.2) is 5.82 Å². The first-order valence-electron chi connectivity index (χ1n) is 4.15. The van der Waals surface area contributed by atoms with Crippen molar-refractivity contribution in [1.82, 2.24) is 10.1 Å². The summed E-state index contributed by atoms with van der Waals surface area (Å²) in [6, 6.07) is 3.95. The van der Waals surface area contributed by atoms with Crippen LogP contribution >= 0.6 is 11.3 Å². The molecule has 0 saturated heterocycles. The Hall–Kier alpha value is -1.16. The third kappa shape index (κ3) is 1.62. The Labute approximate surface area is 80.4 Å². The van der Waals surface area contributed by atoms with E-state index >= 15 is 0 Å². The Kier molecular flexibility index (Phi) is 2.14. The first-order chi connectivity index (χ1) is 6.27. The molecule has 0 aliphatic rings. The van der Waals surface area contributed by atoms with Gasteiger partial charge in [0.1, 0.15) is 0 Å². The molecule has 0 aliphatic heterocycles. The Bertz CT molecular complexity index is 378. The van der Waals surface area contributed by atoms with Crippen molar-refractivity contribution in [1.29, 1.82) is 0 Å². The van der Waals surface area contributed by atoms with Crippen LogP contribution in [0.1, 0.15) is 25.6 Å². The number of rotatable bonds is 2. The lowest BCUT2D eigenvalue weighted by atomic mass is 10.2. The minimum absolute atomic E-state index is 0.317. The molecule has 0 aliphatic carbocycles. The zero-order valence-corrected chi connectivity index (χ0v) is 8.34. The van der Waals surface area contributed by atoms with E-state index in [4.69, 9.17) is 4.52 Å². The Morgan fingerprint density at radius 1 is 1.46 bits per heavy atom. The highest BCUT2D eigenvalue weighted by atomic mass is 32.1. The SMILES string of the molecule is CC(C)c1noc(-c2cccs2)n1. The molecule has 0 atom stereocenters. The van der Waals surface area contributed by atoms with Gasteiger partial charge in [-0.15, -0.1) is 11.3 Å². The van der Waals surface area contributed by atoms with Crippen molar-refractivity contribution < 1.29 is 4.52 Å². The molecule has 0 saturated carbocycles. The van der Waals surface area contributed by atoms with E-state index in [-0.39, 0.29) is 0 Å². The largest absolute Gasteiger partial charge is 0.333 e. The predicted octanol–water partition coefficient (Wildman–Crippen LogP) is 2.92. The second-order valence-corrected chi connectivity index (χ2v) is 4.04. The fraction of sp³-hybridized carbons (Fsp3) is 0.333. The maximum atomic E-state index is 5.12. The van der Waals surface area contributed by atoms with Crippen molar-refractivity contribution in [2.45, 2.75) is 19.8 Å². The number of nitrogens with zero attached hydrogens (tertiary/aromatic N) is 2. The lowest BCUT2D eigenvalue weighted by Gasteiger charge is -1.91. The van der Waals surface area contributed by atoms with Crippen molar-refractivity contribution in [3.63, 3.8) is 0 Å². The van der Waals surface area contributed by atoms with Crippen molar-refractivity contribution in [2.24, 2.45) is 0 Å². The minimum atomic E-state index is 0.317. The third-order valence-corrected chi connectivity index (χ3v) is 2.55. The van der Waals surface area contributed by atoms with E-state index in [0.29, 0.717) is 11.8 Å². The van der Waals surface area contributed by atoms with Crippen LogP contribution < -0.4 is 0 Å². The van der Waals surface area contributed by atoms with Crippen LogP contribution in [0.4, 0.5) is 0 Å². The minimum Gasteiger partial charge on any atom is -0.333 e. The van der Waals surface area contributed by atoms with E-state index in [1.165, 1.54) is 0 Å². The first-order valence-corrected chi connectivity index (χ1v) is 5.03. The monoisotopic (exact) mass is 194 g/mol. The molecule has 2 aromatic rings. The molecular formula is C9H10N2OS. The van der Waals surface area contributed by atoms with Crippen LogP contribution in [0, 0.1) is 0 Å². The lowest BCUT2D eigenvalue weighted by molar-refractivity contribution is 0.420. The molecule has 0 N–H and O–H groups in total. The molecule has 4 heteroatoms. The highest BCUT2D eigenvalue weighted by molar-refractivity contribution is 7.13. The number of hydrogen-bond donors (Lipinski definition) is 0. The van der Waals surface area contributed by atoms with Crippen molar-refractivity contribution >= 4 is 11.3 Å². The summed E-state index contributed by atoms with van der Waals surface area (Å²) in [7, 11) is 0. The topological polar surface area (TPSA) is 38.9 Å². The van der Waals surface area contributed by atoms with Gasteiger partial charge in [-0.1, -0.05) is 25.1 Å². The van der Waals surface area contributed by atoms with Gasteiger partial charge in [-0.3, -0.25) is 0 Å². The summed E-state index contributed by atoms with van der Waals surface area (Å²) >= 11 is 1.60. The maximum Gasteiger partial charge on any atom is 0.267 e. The maximum absolute atomic E-state index is 5.12. The molecule has 2 heterocycles. The lowest BCUT2D eigenvalue weighted by Crippen LogP contribution is -1.88. The van der Waals surface area contributed by atoms with Gasteiger partial charge in [-0.2, -0.15) is 4.98 Å².